The van der Waals surface area contributed by atoms with E-state index in [1.54, 1.807) is 0 Å². The molecule has 0 bridgehead atoms. The van der Waals surface area contributed by atoms with E-state index in [2.05, 4.69) is 4.74 Å². The number of hydrogen-bond donors (Lipinski definition) is 2. The number of hydrogen-bond acceptors (Lipinski definition) is 4. The summed E-state index contributed by atoms with van der Waals surface area (Å²) in [5.74, 6) is -1.08. The van der Waals surface area contributed by atoms with Crippen molar-refractivity contribution in [1.82, 2.24) is 0 Å². The van der Waals surface area contributed by atoms with E-state index in [1.165, 1.54) is 18.2 Å². The Balaban J connectivity index is 2.37. The molecule has 8 heteroatoms. The zero-order valence-corrected chi connectivity index (χ0v) is 10.4. The van der Waals surface area contributed by atoms with E-state index in [4.69, 9.17) is 15.6 Å². The number of carboxylic acids is 1. The molecule has 0 saturated heterocycles. The molecule has 112 valence electrons. The number of nitrogen functional groups attached to an aromatic ring is 1. The Morgan fingerprint density at radius 1 is 1.30 bits per heavy atom. The van der Waals surface area contributed by atoms with Gasteiger partial charge in [0.25, 0.3) is 0 Å². The Labute approximate surface area is 113 Å². The van der Waals surface area contributed by atoms with Crippen LogP contribution in [0.5, 0.6) is 5.75 Å². The van der Waals surface area contributed by atoms with E-state index in [-0.39, 0.29) is 36.6 Å². The number of anilines is 1. The van der Waals surface area contributed by atoms with Gasteiger partial charge in [-0.2, -0.15) is 13.2 Å². The van der Waals surface area contributed by atoms with Gasteiger partial charge in [0.1, 0.15) is 17.9 Å². The first-order valence-electron chi connectivity index (χ1n) is 5.70. The van der Waals surface area contributed by atoms with Crippen LogP contribution in [0.3, 0.4) is 0 Å². The number of alkyl halides is 3. The minimum Gasteiger partial charge on any atom is -0.493 e. The molecule has 0 saturated carbocycles. The summed E-state index contributed by atoms with van der Waals surface area (Å²) in [4.78, 5) is 10.9. The summed E-state index contributed by atoms with van der Waals surface area (Å²) in [7, 11) is 0. The van der Waals surface area contributed by atoms with Crippen molar-refractivity contribution < 1.29 is 32.5 Å². The molecule has 0 heterocycles. The Hall–Kier alpha value is -1.96. The first-order valence-corrected chi connectivity index (χ1v) is 5.70. The molecular weight excluding hydrogens is 279 g/mol. The van der Waals surface area contributed by atoms with E-state index in [1.807, 2.05) is 0 Å². The fourth-order valence-corrected chi connectivity index (χ4v) is 1.37. The van der Waals surface area contributed by atoms with Crippen LogP contribution in [0.1, 0.15) is 16.8 Å². The van der Waals surface area contributed by atoms with Crippen LogP contribution in [0.2, 0.25) is 0 Å². The second kappa shape index (κ2) is 6.99. The lowest BCUT2D eigenvalue weighted by atomic mass is 10.2. The molecule has 0 fully saturated rings. The molecule has 0 spiro atoms. The van der Waals surface area contributed by atoms with Gasteiger partial charge in [-0.05, 0) is 18.2 Å². The monoisotopic (exact) mass is 293 g/mol. The van der Waals surface area contributed by atoms with Gasteiger partial charge >= 0.3 is 12.1 Å². The van der Waals surface area contributed by atoms with Gasteiger partial charge in [-0.3, -0.25) is 0 Å². The van der Waals surface area contributed by atoms with Crippen LogP contribution < -0.4 is 10.5 Å². The second-order valence-corrected chi connectivity index (χ2v) is 3.93. The summed E-state index contributed by atoms with van der Waals surface area (Å²) in [6.45, 7) is -1.39. The average molecular weight is 293 g/mol. The summed E-state index contributed by atoms with van der Waals surface area (Å²) in [5, 5.41) is 8.94. The number of halogens is 3. The van der Waals surface area contributed by atoms with Crippen molar-refractivity contribution >= 4 is 11.7 Å². The van der Waals surface area contributed by atoms with Crippen LogP contribution in [-0.4, -0.2) is 37.1 Å². The van der Waals surface area contributed by atoms with Gasteiger partial charge in [0.15, 0.2) is 0 Å². The maximum Gasteiger partial charge on any atom is 0.411 e. The molecule has 0 radical (unpaired) electrons. The molecule has 0 atom stereocenters. The zero-order chi connectivity index (χ0) is 15.2. The van der Waals surface area contributed by atoms with Crippen molar-refractivity contribution in [3.8, 4) is 5.75 Å². The highest BCUT2D eigenvalue weighted by atomic mass is 19.4. The van der Waals surface area contributed by atoms with Crippen molar-refractivity contribution in [3.63, 3.8) is 0 Å². The number of benzene rings is 1. The molecule has 0 unspecified atom stereocenters. The molecule has 0 amide bonds. The SMILES string of the molecule is Nc1ccc(OCCCOCC(F)(F)F)c(C(=O)O)c1. The van der Waals surface area contributed by atoms with E-state index in [9.17, 15) is 18.0 Å². The topological polar surface area (TPSA) is 81.8 Å². The molecule has 0 aliphatic heterocycles. The maximum atomic E-state index is 11.8. The molecule has 1 aromatic carbocycles. The summed E-state index contributed by atoms with van der Waals surface area (Å²) in [6.07, 6.45) is -4.15. The molecule has 1 aromatic rings. The predicted molar refractivity (Wildman–Crippen MR) is 64.8 cm³/mol. The van der Waals surface area contributed by atoms with Gasteiger partial charge in [0, 0.05) is 12.1 Å². The number of ether oxygens (including phenoxy) is 2. The summed E-state index contributed by atoms with van der Waals surface area (Å²) >= 11 is 0. The Bertz CT molecular complexity index is 463. The first-order chi connectivity index (χ1) is 9.29. The zero-order valence-electron chi connectivity index (χ0n) is 10.4. The molecule has 0 aliphatic carbocycles. The Morgan fingerprint density at radius 2 is 2.00 bits per heavy atom. The van der Waals surface area contributed by atoms with E-state index in [0.717, 1.165) is 0 Å². The third-order valence-corrected chi connectivity index (χ3v) is 2.19. The minimum atomic E-state index is -4.35. The number of carbonyl (C=O) groups is 1. The lowest BCUT2D eigenvalue weighted by molar-refractivity contribution is -0.174. The molecule has 3 N–H and O–H groups in total. The largest absolute Gasteiger partial charge is 0.493 e. The van der Waals surface area contributed by atoms with Crippen molar-refractivity contribution in [2.75, 3.05) is 25.6 Å². The van der Waals surface area contributed by atoms with Crippen molar-refractivity contribution in [1.29, 1.82) is 0 Å². The van der Waals surface area contributed by atoms with Crippen LogP contribution in [0.4, 0.5) is 18.9 Å². The van der Waals surface area contributed by atoms with Crippen LogP contribution >= 0.6 is 0 Å². The Morgan fingerprint density at radius 3 is 2.60 bits per heavy atom. The second-order valence-electron chi connectivity index (χ2n) is 3.93. The van der Waals surface area contributed by atoms with Gasteiger partial charge in [-0.25, -0.2) is 4.79 Å². The molecule has 1 rings (SSSR count). The third kappa shape index (κ3) is 5.79. The van der Waals surface area contributed by atoms with Gasteiger partial charge in [-0.1, -0.05) is 0 Å². The molecule has 20 heavy (non-hydrogen) atoms. The van der Waals surface area contributed by atoms with E-state index < -0.39 is 18.8 Å². The van der Waals surface area contributed by atoms with Crippen LogP contribution in [0.15, 0.2) is 18.2 Å². The quantitative estimate of drug-likeness (QED) is 0.595. The summed E-state index contributed by atoms with van der Waals surface area (Å²) < 4.78 is 44.9. The van der Waals surface area contributed by atoms with Crippen molar-refractivity contribution in [2.24, 2.45) is 0 Å². The van der Waals surface area contributed by atoms with Gasteiger partial charge in [0.05, 0.1) is 13.2 Å². The maximum absolute atomic E-state index is 11.8. The molecular formula is C12H14F3NO4. The Kier molecular flexibility index (Phi) is 5.63. The lowest BCUT2D eigenvalue weighted by Crippen LogP contribution is -2.18. The van der Waals surface area contributed by atoms with Gasteiger partial charge < -0.3 is 20.3 Å². The fourth-order valence-electron chi connectivity index (χ4n) is 1.37. The van der Waals surface area contributed by atoms with Crippen LogP contribution in [0, 0.1) is 0 Å². The predicted octanol–water partition coefficient (Wildman–Crippen LogP) is 2.31. The normalized spacial score (nSPS) is 11.3. The van der Waals surface area contributed by atoms with Crippen molar-refractivity contribution in [3.05, 3.63) is 23.8 Å². The number of nitrogens with two attached hydrogens (primary N) is 1. The summed E-state index contributed by atoms with van der Waals surface area (Å²) in [6, 6.07) is 4.12. The van der Waals surface area contributed by atoms with Gasteiger partial charge in [-0.15, -0.1) is 0 Å². The minimum absolute atomic E-state index is 0.0437. The molecule has 5 nitrogen and oxygen atoms in total. The van der Waals surface area contributed by atoms with Crippen molar-refractivity contribution in [2.45, 2.75) is 12.6 Å². The number of rotatable bonds is 7. The van der Waals surface area contributed by atoms with Crippen LogP contribution in [0.25, 0.3) is 0 Å². The number of aromatic carboxylic acids is 1. The van der Waals surface area contributed by atoms with Crippen LogP contribution in [-0.2, 0) is 4.74 Å². The first kappa shape index (κ1) is 16.1. The third-order valence-electron chi connectivity index (χ3n) is 2.19. The van der Waals surface area contributed by atoms with E-state index in [0.29, 0.717) is 0 Å². The lowest BCUT2D eigenvalue weighted by Gasteiger charge is -2.10. The fraction of sp³-hybridized carbons (Fsp3) is 0.417. The number of carboxylic acid groups (broad SMARTS) is 1. The standard InChI is InChI=1S/C12H14F3NO4/c13-12(14,15)7-19-4-1-5-20-10-3-2-8(16)6-9(10)11(17)18/h2-3,6H,1,4-5,7,16H2,(H,17,18). The highest BCUT2D eigenvalue weighted by Crippen LogP contribution is 2.21. The highest BCUT2D eigenvalue weighted by Gasteiger charge is 2.27. The smallest absolute Gasteiger partial charge is 0.411 e. The van der Waals surface area contributed by atoms with E-state index >= 15 is 0 Å². The van der Waals surface area contributed by atoms with Gasteiger partial charge in [0.2, 0.25) is 0 Å². The summed E-state index contributed by atoms with van der Waals surface area (Å²) in [5.41, 5.74) is 5.64. The highest BCUT2D eigenvalue weighted by molar-refractivity contribution is 5.92. The average Bonchev–Trinajstić information content (AvgIpc) is 2.33. The molecule has 0 aliphatic rings. The molecule has 0 aromatic heterocycles.